The van der Waals surface area contributed by atoms with E-state index in [1.807, 2.05) is 18.2 Å². The lowest BCUT2D eigenvalue weighted by Crippen LogP contribution is -2.23. The Balaban J connectivity index is 1.39. The lowest BCUT2D eigenvalue weighted by molar-refractivity contribution is -0.117. The van der Waals surface area contributed by atoms with Crippen LogP contribution < -0.4 is 9.64 Å². The van der Waals surface area contributed by atoms with E-state index in [1.54, 1.807) is 42.3 Å². The molecule has 0 atom stereocenters. The fourth-order valence-electron chi connectivity index (χ4n) is 3.16. The Morgan fingerprint density at radius 2 is 1.97 bits per heavy atom. The highest BCUT2D eigenvalue weighted by molar-refractivity contribution is 5.96. The van der Waals surface area contributed by atoms with E-state index < -0.39 is 5.97 Å². The molecule has 2 heterocycles. The van der Waals surface area contributed by atoms with Crippen molar-refractivity contribution in [3.05, 3.63) is 60.0 Å². The number of benzene rings is 2. The molecule has 0 N–H and O–H groups in total. The fraction of sp³-hybridized carbons (Fsp3) is 0.238. The Bertz CT molecular complexity index is 1030. The number of esters is 1. The number of carbonyl (C=O) groups excluding carboxylic acids is 2. The minimum Gasteiger partial charge on any atom is -0.496 e. The Morgan fingerprint density at radius 3 is 2.69 bits per heavy atom. The zero-order valence-corrected chi connectivity index (χ0v) is 15.8. The number of aromatic nitrogens is 2. The first-order valence-corrected chi connectivity index (χ1v) is 9.19. The van der Waals surface area contributed by atoms with Crippen LogP contribution >= 0.6 is 0 Å². The lowest BCUT2D eigenvalue weighted by atomic mass is 10.2. The van der Waals surface area contributed by atoms with Crippen molar-refractivity contribution in [2.24, 2.45) is 0 Å². The molecule has 0 spiro atoms. The number of hydrogen-bond acceptors (Lipinski definition) is 7. The van der Waals surface area contributed by atoms with Gasteiger partial charge < -0.3 is 18.9 Å². The van der Waals surface area contributed by atoms with Gasteiger partial charge in [-0.25, -0.2) is 4.79 Å². The molecule has 2 aromatic carbocycles. The van der Waals surface area contributed by atoms with E-state index in [1.165, 1.54) is 0 Å². The summed E-state index contributed by atoms with van der Waals surface area (Å²) in [5.41, 5.74) is 1.84. The third-order valence-electron chi connectivity index (χ3n) is 4.63. The number of carbonyl (C=O) groups is 2. The zero-order chi connectivity index (χ0) is 20.2. The number of nitrogens with zero attached hydrogens (tertiary/aromatic N) is 3. The van der Waals surface area contributed by atoms with Gasteiger partial charge >= 0.3 is 5.97 Å². The van der Waals surface area contributed by atoms with Gasteiger partial charge in [-0.05, 0) is 42.8 Å². The van der Waals surface area contributed by atoms with Gasteiger partial charge in [-0.1, -0.05) is 17.3 Å². The van der Waals surface area contributed by atoms with E-state index in [0.29, 0.717) is 35.7 Å². The molecule has 1 aromatic heterocycles. The molecule has 0 bridgehead atoms. The van der Waals surface area contributed by atoms with Gasteiger partial charge in [0.1, 0.15) is 5.75 Å². The Labute approximate surface area is 167 Å². The molecule has 0 saturated carbocycles. The first-order chi connectivity index (χ1) is 14.2. The van der Waals surface area contributed by atoms with Gasteiger partial charge in [0, 0.05) is 18.7 Å². The van der Waals surface area contributed by atoms with Crippen LogP contribution in [-0.2, 0) is 16.1 Å². The van der Waals surface area contributed by atoms with Crippen LogP contribution in [0.4, 0.5) is 5.69 Å². The van der Waals surface area contributed by atoms with Crippen LogP contribution in [0, 0.1) is 0 Å². The third-order valence-corrected chi connectivity index (χ3v) is 4.63. The van der Waals surface area contributed by atoms with Crippen LogP contribution in [0.25, 0.3) is 11.4 Å². The summed E-state index contributed by atoms with van der Waals surface area (Å²) in [5, 5.41) is 3.91. The van der Waals surface area contributed by atoms with E-state index in [4.69, 9.17) is 14.0 Å². The Hall–Kier alpha value is -3.68. The average molecular weight is 393 g/mol. The third kappa shape index (κ3) is 3.96. The van der Waals surface area contributed by atoms with E-state index in [-0.39, 0.29) is 18.4 Å². The summed E-state index contributed by atoms with van der Waals surface area (Å²) in [7, 11) is 1.56. The van der Waals surface area contributed by atoms with Crippen molar-refractivity contribution in [2.75, 3.05) is 18.6 Å². The topological polar surface area (TPSA) is 94.8 Å². The van der Waals surface area contributed by atoms with E-state index in [2.05, 4.69) is 10.1 Å². The number of hydrogen-bond donors (Lipinski definition) is 0. The maximum absolute atomic E-state index is 12.3. The summed E-state index contributed by atoms with van der Waals surface area (Å²) in [5.74, 6) is 0.740. The SMILES string of the molecule is COc1ccccc1-c1noc(COC(=O)c2ccc(N3CCCC3=O)cc2)n1. The van der Waals surface area contributed by atoms with Gasteiger partial charge in [0.15, 0.2) is 6.61 Å². The van der Waals surface area contributed by atoms with Crippen molar-refractivity contribution in [3.8, 4) is 17.1 Å². The molecule has 0 aliphatic carbocycles. The van der Waals surface area contributed by atoms with Crippen LogP contribution in [0.15, 0.2) is 53.1 Å². The lowest BCUT2D eigenvalue weighted by Gasteiger charge is -2.15. The summed E-state index contributed by atoms with van der Waals surface area (Å²) in [4.78, 5) is 30.0. The summed E-state index contributed by atoms with van der Waals surface area (Å²) in [6.45, 7) is 0.557. The van der Waals surface area contributed by atoms with Crippen molar-refractivity contribution in [2.45, 2.75) is 19.4 Å². The summed E-state index contributed by atoms with van der Waals surface area (Å²) in [6, 6.07) is 14.0. The van der Waals surface area contributed by atoms with Gasteiger partial charge in [0.2, 0.25) is 11.7 Å². The first kappa shape index (κ1) is 18.7. The standard InChI is InChI=1S/C21H19N3O5/c1-27-17-6-3-2-5-16(17)20-22-18(29-23-20)13-28-21(26)14-8-10-15(11-9-14)24-12-4-7-19(24)25/h2-3,5-6,8-11H,4,7,12-13H2,1H3. The number of anilines is 1. The molecule has 1 aliphatic rings. The molecule has 1 aliphatic heterocycles. The van der Waals surface area contributed by atoms with Gasteiger partial charge in [0.25, 0.3) is 5.89 Å². The molecule has 0 unspecified atom stereocenters. The highest BCUT2D eigenvalue weighted by Crippen LogP contribution is 2.27. The summed E-state index contributed by atoms with van der Waals surface area (Å²) >= 11 is 0. The van der Waals surface area contributed by atoms with E-state index >= 15 is 0 Å². The van der Waals surface area contributed by atoms with Crippen molar-refractivity contribution in [1.29, 1.82) is 0 Å². The van der Waals surface area contributed by atoms with Gasteiger partial charge in [-0.2, -0.15) is 4.98 Å². The van der Waals surface area contributed by atoms with Crippen molar-refractivity contribution < 1.29 is 23.6 Å². The molecule has 1 saturated heterocycles. The second-order valence-corrected chi connectivity index (χ2v) is 6.48. The average Bonchev–Trinajstić information content (AvgIpc) is 3.41. The number of para-hydroxylation sites is 1. The summed E-state index contributed by atoms with van der Waals surface area (Å²) < 4.78 is 15.7. The molecule has 3 aromatic rings. The maximum atomic E-state index is 12.3. The molecule has 8 heteroatoms. The van der Waals surface area contributed by atoms with Crippen LogP contribution in [0.3, 0.4) is 0 Å². The number of methoxy groups -OCH3 is 1. The second kappa shape index (κ2) is 8.14. The number of amides is 1. The number of rotatable bonds is 6. The largest absolute Gasteiger partial charge is 0.496 e. The van der Waals surface area contributed by atoms with Crippen molar-refractivity contribution >= 4 is 17.6 Å². The van der Waals surface area contributed by atoms with Crippen molar-refractivity contribution in [1.82, 2.24) is 10.1 Å². The second-order valence-electron chi connectivity index (χ2n) is 6.48. The Kier molecular flexibility index (Phi) is 5.24. The Morgan fingerprint density at radius 1 is 1.17 bits per heavy atom. The predicted octanol–water partition coefficient (Wildman–Crippen LogP) is 3.23. The monoisotopic (exact) mass is 393 g/mol. The van der Waals surface area contributed by atoms with E-state index in [0.717, 1.165) is 12.1 Å². The van der Waals surface area contributed by atoms with Crippen LogP contribution in [0.1, 0.15) is 29.1 Å². The summed E-state index contributed by atoms with van der Waals surface area (Å²) in [6.07, 6.45) is 1.41. The van der Waals surface area contributed by atoms with Gasteiger partial charge in [-0.3, -0.25) is 4.79 Å². The predicted molar refractivity (Wildman–Crippen MR) is 103 cm³/mol. The zero-order valence-electron chi connectivity index (χ0n) is 15.8. The molecule has 1 amide bonds. The molecule has 8 nitrogen and oxygen atoms in total. The highest BCUT2D eigenvalue weighted by Gasteiger charge is 2.22. The maximum Gasteiger partial charge on any atom is 0.338 e. The first-order valence-electron chi connectivity index (χ1n) is 9.19. The van der Waals surface area contributed by atoms with Crippen molar-refractivity contribution in [3.63, 3.8) is 0 Å². The minimum absolute atomic E-state index is 0.0996. The van der Waals surface area contributed by atoms with Crippen LogP contribution in [0.5, 0.6) is 5.75 Å². The van der Waals surface area contributed by atoms with Crippen LogP contribution in [-0.4, -0.2) is 35.7 Å². The van der Waals surface area contributed by atoms with Gasteiger partial charge in [0.05, 0.1) is 18.2 Å². The van der Waals surface area contributed by atoms with E-state index in [9.17, 15) is 9.59 Å². The molecule has 148 valence electrons. The quantitative estimate of drug-likeness (QED) is 0.593. The molecular formula is C21H19N3O5. The minimum atomic E-state index is -0.513. The molecule has 4 rings (SSSR count). The molecule has 29 heavy (non-hydrogen) atoms. The molecular weight excluding hydrogens is 374 g/mol. The smallest absolute Gasteiger partial charge is 0.338 e. The normalized spacial score (nSPS) is 13.6. The van der Waals surface area contributed by atoms with Crippen LogP contribution in [0.2, 0.25) is 0 Å². The molecule has 1 fully saturated rings. The fourth-order valence-corrected chi connectivity index (χ4v) is 3.16. The number of ether oxygens (including phenoxy) is 2. The molecule has 0 radical (unpaired) electrons. The van der Waals surface area contributed by atoms with Gasteiger partial charge in [-0.15, -0.1) is 0 Å². The highest BCUT2D eigenvalue weighted by atomic mass is 16.6.